The minimum Gasteiger partial charge on any atom is -0.497 e. The van der Waals surface area contributed by atoms with Gasteiger partial charge in [0.15, 0.2) is 5.17 Å². The SMILES string of the molecule is COc1ccc(C(C)N=C(N/N=C/c2ccc(C(N)=NC=Nc3ccc(OC(F)(F)F)cc3)cc2)SCC(=O)O)cc1. The number of aliphatic carboxylic acids is 1. The van der Waals surface area contributed by atoms with E-state index in [9.17, 15) is 18.0 Å². The largest absolute Gasteiger partial charge is 0.573 e. The van der Waals surface area contributed by atoms with Crippen LogP contribution in [0, 0.1) is 0 Å². The Labute approximate surface area is 243 Å². The van der Waals surface area contributed by atoms with Crippen LogP contribution in [0.2, 0.25) is 0 Å². The van der Waals surface area contributed by atoms with Crippen LogP contribution >= 0.6 is 11.8 Å². The molecule has 0 fully saturated rings. The van der Waals surface area contributed by atoms with Crippen LogP contribution in [0.5, 0.6) is 11.5 Å². The Balaban J connectivity index is 1.60. The molecule has 4 N–H and O–H groups in total. The summed E-state index contributed by atoms with van der Waals surface area (Å²) in [6.07, 6.45) is -2.03. The highest BCUT2D eigenvalue weighted by molar-refractivity contribution is 8.14. The zero-order chi connectivity index (χ0) is 30.5. The predicted molar refractivity (Wildman–Crippen MR) is 158 cm³/mol. The fraction of sp³-hybridized carbons (Fsp3) is 0.179. The molecular formula is C28H27F3N6O4S. The van der Waals surface area contributed by atoms with Crippen molar-refractivity contribution in [1.82, 2.24) is 5.43 Å². The number of benzene rings is 3. The fourth-order valence-electron chi connectivity index (χ4n) is 3.23. The summed E-state index contributed by atoms with van der Waals surface area (Å²) >= 11 is 1.02. The molecule has 0 spiro atoms. The minimum atomic E-state index is -4.77. The topological polar surface area (TPSA) is 143 Å². The van der Waals surface area contributed by atoms with Gasteiger partial charge in [0.25, 0.3) is 0 Å². The van der Waals surface area contributed by atoms with Crippen molar-refractivity contribution in [2.75, 3.05) is 12.9 Å². The first-order chi connectivity index (χ1) is 20.0. The maximum Gasteiger partial charge on any atom is 0.573 e. The molecule has 1 atom stereocenters. The van der Waals surface area contributed by atoms with Gasteiger partial charge in [0.05, 0.1) is 30.8 Å². The second kappa shape index (κ2) is 15.2. The lowest BCUT2D eigenvalue weighted by Crippen LogP contribution is -2.17. The van der Waals surface area contributed by atoms with E-state index < -0.39 is 12.3 Å². The van der Waals surface area contributed by atoms with Crippen molar-refractivity contribution in [2.24, 2.45) is 25.8 Å². The number of hydrogen-bond acceptors (Lipinski definition) is 7. The maximum atomic E-state index is 12.3. The second-order valence-corrected chi connectivity index (χ2v) is 9.32. The Hall–Kier alpha value is -4.85. The quantitative estimate of drug-likeness (QED) is 0.149. The molecule has 42 heavy (non-hydrogen) atoms. The van der Waals surface area contributed by atoms with Crippen molar-refractivity contribution in [3.63, 3.8) is 0 Å². The molecule has 3 aromatic rings. The van der Waals surface area contributed by atoms with Crippen molar-refractivity contribution in [3.8, 4) is 11.5 Å². The number of carboxylic acid groups (broad SMARTS) is 1. The lowest BCUT2D eigenvalue weighted by Gasteiger charge is -2.11. The summed E-state index contributed by atoms with van der Waals surface area (Å²) in [6, 6.07) is 19.1. The van der Waals surface area contributed by atoms with Gasteiger partial charge in [0.1, 0.15) is 23.7 Å². The number of carbonyl (C=O) groups is 1. The Morgan fingerprint density at radius 3 is 2.29 bits per heavy atom. The molecule has 0 saturated heterocycles. The van der Waals surface area contributed by atoms with Gasteiger partial charge >= 0.3 is 12.3 Å². The fourth-order valence-corrected chi connectivity index (χ4v) is 3.84. The number of thioether (sulfide) groups is 1. The molecule has 0 radical (unpaired) electrons. The second-order valence-electron chi connectivity index (χ2n) is 8.36. The first-order valence-corrected chi connectivity index (χ1v) is 13.2. The summed E-state index contributed by atoms with van der Waals surface area (Å²) < 4.78 is 45.8. The Morgan fingerprint density at radius 1 is 1.05 bits per heavy atom. The molecule has 14 heteroatoms. The molecule has 0 aliphatic heterocycles. The van der Waals surface area contributed by atoms with E-state index in [2.05, 4.69) is 30.2 Å². The highest BCUT2D eigenvalue weighted by Gasteiger charge is 2.30. The molecule has 1 unspecified atom stereocenters. The number of hydrogen-bond donors (Lipinski definition) is 3. The predicted octanol–water partition coefficient (Wildman–Crippen LogP) is 5.52. The molecule has 220 valence electrons. The lowest BCUT2D eigenvalue weighted by molar-refractivity contribution is -0.274. The van der Waals surface area contributed by atoms with Crippen LogP contribution in [0.3, 0.4) is 0 Å². The first-order valence-electron chi connectivity index (χ1n) is 12.2. The number of alkyl halides is 3. The highest BCUT2D eigenvalue weighted by atomic mass is 32.2. The number of aliphatic imine (C=N–C) groups is 3. The summed E-state index contributed by atoms with van der Waals surface area (Å²) in [7, 11) is 1.58. The van der Waals surface area contributed by atoms with E-state index in [1.54, 1.807) is 37.6 Å². The summed E-state index contributed by atoms with van der Waals surface area (Å²) in [6.45, 7) is 1.88. The number of rotatable bonds is 11. The van der Waals surface area contributed by atoms with Gasteiger partial charge in [0.2, 0.25) is 0 Å². The van der Waals surface area contributed by atoms with Crippen LogP contribution in [-0.4, -0.2) is 53.9 Å². The summed E-state index contributed by atoms with van der Waals surface area (Å²) in [5.74, 6) is -0.634. The Morgan fingerprint density at radius 2 is 1.69 bits per heavy atom. The average Bonchev–Trinajstić information content (AvgIpc) is 2.96. The smallest absolute Gasteiger partial charge is 0.497 e. The van der Waals surface area contributed by atoms with Crippen LogP contribution in [0.1, 0.15) is 29.7 Å². The molecule has 0 amide bonds. The van der Waals surface area contributed by atoms with Crippen LogP contribution in [0.15, 0.2) is 92.9 Å². The summed E-state index contributed by atoms with van der Waals surface area (Å²) in [5, 5.41) is 13.6. The number of carboxylic acids is 1. The van der Waals surface area contributed by atoms with Gasteiger partial charge in [-0.25, -0.2) is 9.98 Å². The molecule has 3 rings (SSSR count). The molecule has 0 saturated carbocycles. The Kier molecular flexibility index (Phi) is 11.5. The van der Waals surface area contributed by atoms with Crippen LogP contribution in [0.4, 0.5) is 18.9 Å². The van der Waals surface area contributed by atoms with Crippen molar-refractivity contribution in [1.29, 1.82) is 0 Å². The number of methoxy groups -OCH3 is 1. The van der Waals surface area contributed by atoms with Gasteiger partial charge in [-0.15, -0.1) is 13.2 Å². The molecule has 10 nitrogen and oxygen atoms in total. The van der Waals surface area contributed by atoms with E-state index >= 15 is 0 Å². The zero-order valence-corrected chi connectivity index (χ0v) is 23.3. The number of ether oxygens (including phenoxy) is 2. The summed E-state index contributed by atoms with van der Waals surface area (Å²) in [5.41, 5.74) is 11.4. The number of halogens is 3. The molecule has 0 aliphatic rings. The van der Waals surface area contributed by atoms with E-state index in [1.165, 1.54) is 18.5 Å². The van der Waals surface area contributed by atoms with Crippen molar-refractivity contribution < 1.29 is 32.5 Å². The van der Waals surface area contributed by atoms with E-state index in [-0.39, 0.29) is 23.4 Å². The van der Waals surface area contributed by atoms with Crippen LogP contribution in [-0.2, 0) is 4.79 Å². The van der Waals surface area contributed by atoms with Crippen LogP contribution in [0.25, 0.3) is 0 Å². The van der Waals surface area contributed by atoms with Gasteiger partial charge in [-0.2, -0.15) is 5.10 Å². The standard InChI is InChI=1S/C28H27F3N6O4S/c1-18(20-7-11-23(40-2)12-8-20)36-27(42-16-25(38)39)37-35-15-19-3-5-21(6-4-19)26(32)34-17-33-22-9-13-24(14-10-22)41-28(29,30)31/h3-15,17-18H,16H2,1-2H3,(H,36,37)(H,38,39)(H2,32,33,34)/b35-15+. The number of nitrogens with one attached hydrogen (secondary N) is 1. The first kappa shape index (κ1) is 31.7. The number of amidine groups is 2. The monoisotopic (exact) mass is 600 g/mol. The lowest BCUT2D eigenvalue weighted by atomic mass is 10.1. The molecule has 0 bridgehead atoms. The molecule has 0 heterocycles. The molecule has 0 aromatic heterocycles. The normalized spacial score (nSPS) is 13.4. The molecule has 0 aliphatic carbocycles. The summed E-state index contributed by atoms with van der Waals surface area (Å²) in [4.78, 5) is 23.7. The average molecular weight is 601 g/mol. The highest BCUT2D eigenvalue weighted by Crippen LogP contribution is 2.25. The van der Waals surface area contributed by atoms with Crippen molar-refractivity contribution >= 4 is 47.0 Å². The minimum absolute atomic E-state index is 0.171. The number of nitrogens with two attached hydrogens (primary N) is 1. The van der Waals surface area contributed by atoms with Gasteiger partial charge in [-0.1, -0.05) is 48.2 Å². The number of hydrazone groups is 1. The van der Waals surface area contributed by atoms with Crippen LogP contribution < -0.4 is 20.6 Å². The number of nitrogens with zero attached hydrogens (tertiary/aromatic N) is 4. The van der Waals surface area contributed by atoms with Gasteiger partial charge in [0, 0.05) is 5.56 Å². The Bertz CT molecular complexity index is 1440. The van der Waals surface area contributed by atoms with E-state index in [0.717, 1.165) is 40.8 Å². The van der Waals surface area contributed by atoms with Crippen molar-refractivity contribution in [3.05, 3.63) is 89.5 Å². The third-order valence-corrected chi connectivity index (χ3v) is 6.16. The van der Waals surface area contributed by atoms with Crippen molar-refractivity contribution in [2.45, 2.75) is 19.3 Å². The van der Waals surface area contributed by atoms with Gasteiger partial charge < -0.3 is 20.3 Å². The van der Waals surface area contributed by atoms with E-state index in [0.29, 0.717) is 16.4 Å². The van der Waals surface area contributed by atoms with Gasteiger partial charge in [-0.05, 0) is 54.4 Å². The third kappa shape index (κ3) is 11.0. The zero-order valence-electron chi connectivity index (χ0n) is 22.4. The van der Waals surface area contributed by atoms with E-state index in [1.807, 2.05) is 31.2 Å². The van der Waals surface area contributed by atoms with E-state index in [4.69, 9.17) is 15.6 Å². The third-order valence-electron chi connectivity index (χ3n) is 5.30. The maximum absolute atomic E-state index is 12.3. The molecular weight excluding hydrogens is 573 g/mol. The molecule has 3 aromatic carbocycles. The van der Waals surface area contributed by atoms with Gasteiger partial charge in [-0.3, -0.25) is 15.2 Å².